The van der Waals surface area contributed by atoms with Crippen LogP contribution in [0.3, 0.4) is 0 Å². The fourth-order valence-corrected chi connectivity index (χ4v) is 12.5. The van der Waals surface area contributed by atoms with Gasteiger partial charge in [0.2, 0.25) is 5.91 Å². The van der Waals surface area contributed by atoms with Gasteiger partial charge in [0.05, 0.1) is 39.9 Å². The Morgan fingerprint density at radius 3 is 0.989 bits per heavy atom. The van der Waals surface area contributed by atoms with Gasteiger partial charge in [-0.05, 0) is 89.9 Å². The maximum atomic E-state index is 13.1. The molecule has 0 aliphatic heterocycles. The molecule has 0 aromatic rings. The van der Waals surface area contributed by atoms with Crippen molar-refractivity contribution < 1.29 is 32.9 Å². The number of quaternary nitrogens is 1. The quantitative estimate of drug-likeness (QED) is 0.0272. The number of aliphatic hydroxyl groups excluding tert-OH is 1. The van der Waals surface area contributed by atoms with Gasteiger partial charge in [0.1, 0.15) is 13.2 Å². The predicted octanol–water partition coefficient (Wildman–Crippen LogP) is 25.9. The molecular formula is C85H155N2O6P. The molecule has 3 unspecified atom stereocenters. The summed E-state index contributed by atoms with van der Waals surface area (Å²) in [5.74, 6) is -0.203. The van der Waals surface area contributed by atoms with E-state index in [9.17, 15) is 19.4 Å². The van der Waals surface area contributed by atoms with Crippen LogP contribution in [-0.2, 0) is 18.4 Å². The Morgan fingerprint density at radius 1 is 0.383 bits per heavy atom. The highest BCUT2D eigenvalue weighted by molar-refractivity contribution is 7.45. The summed E-state index contributed by atoms with van der Waals surface area (Å²) >= 11 is 0. The second-order valence-corrected chi connectivity index (χ2v) is 29.8. The lowest BCUT2D eigenvalue weighted by molar-refractivity contribution is -0.870. The number of likely N-dealkylation sites (N-methyl/N-ethyl adjacent to an activating group) is 1. The third-order valence-electron chi connectivity index (χ3n) is 18.0. The van der Waals surface area contributed by atoms with Crippen molar-refractivity contribution in [2.24, 2.45) is 0 Å². The van der Waals surface area contributed by atoms with Crippen molar-refractivity contribution >= 4 is 13.7 Å². The van der Waals surface area contributed by atoms with Crippen LogP contribution in [0, 0.1) is 0 Å². The molecule has 9 heteroatoms. The molecule has 8 nitrogen and oxygen atoms in total. The molecule has 0 saturated heterocycles. The zero-order valence-electron chi connectivity index (χ0n) is 62.6. The molecule has 546 valence electrons. The third-order valence-corrected chi connectivity index (χ3v) is 18.9. The van der Waals surface area contributed by atoms with E-state index in [2.05, 4.69) is 116 Å². The molecule has 0 spiro atoms. The number of phosphoric ester groups is 1. The highest BCUT2D eigenvalue weighted by Gasteiger charge is 2.23. The molecule has 0 aliphatic carbocycles. The highest BCUT2D eigenvalue weighted by atomic mass is 31.2. The minimum atomic E-state index is -4.62. The number of carbonyl (C=O) groups is 1. The molecule has 0 radical (unpaired) electrons. The van der Waals surface area contributed by atoms with Crippen LogP contribution in [0.4, 0.5) is 0 Å². The zero-order chi connectivity index (χ0) is 68.3. The number of hydrogen-bond donors (Lipinski definition) is 2. The van der Waals surface area contributed by atoms with Crippen LogP contribution in [0.5, 0.6) is 0 Å². The van der Waals surface area contributed by atoms with Crippen LogP contribution in [0.25, 0.3) is 0 Å². The van der Waals surface area contributed by atoms with Gasteiger partial charge in [0.25, 0.3) is 7.82 Å². The lowest BCUT2D eigenvalue weighted by Crippen LogP contribution is -2.45. The topological polar surface area (TPSA) is 108 Å². The van der Waals surface area contributed by atoms with Gasteiger partial charge in [-0.3, -0.25) is 9.36 Å². The molecule has 0 saturated carbocycles. The molecule has 0 fully saturated rings. The lowest BCUT2D eigenvalue weighted by atomic mass is 10.0. The van der Waals surface area contributed by atoms with Gasteiger partial charge in [-0.2, -0.15) is 0 Å². The Labute approximate surface area is 584 Å². The van der Waals surface area contributed by atoms with Crippen LogP contribution < -0.4 is 10.2 Å². The van der Waals surface area contributed by atoms with Crippen molar-refractivity contribution in [3.63, 3.8) is 0 Å². The summed E-state index contributed by atoms with van der Waals surface area (Å²) in [5.41, 5.74) is 0. The highest BCUT2D eigenvalue weighted by Crippen LogP contribution is 2.38. The second-order valence-electron chi connectivity index (χ2n) is 28.4. The Kier molecular flexibility index (Phi) is 72.1. The largest absolute Gasteiger partial charge is 0.756 e. The van der Waals surface area contributed by atoms with E-state index in [-0.39, 0.29) is 12.5 Å². The summed E-state index contributed by atoms with van der Waals surface area (Å²) in [5, 5.41) is 14.0. The molecule has 0 rings (SSSR count). The summed E-state index contributed by atoms with van der Waals surface area (Å²) < 4.78 is 23.5. The van der Waals surface area contributed by atoms with Crippen molar-refractivity contribution in [2.45, 2.75) is 386 Å². The summed E-state index contributed by atoms with van der Waals surface area (Å²) in [4.78, 5) is 25.7. The normalized spacial score (nSPS) is 14.1. The fourth-order valence-electron chi connectivity index (χ4n) is 11.8. The lowest BCUT2D eigenvalue weighted by Gasteiger charge is -2.29. The van der Waals surface area contributed by atoms with E-state index in [1.807, 2.05) is 27.2 Å². The van der Waals surface area contributed by atoms with Gasteiger partial charge in [-0.1, -0.05) is 386 Å². The van der Waals surface area contributed by atoms with E-state index in [1.165, 1.54) is 270 Å². The fraction of sp³-hybridized carbons (Fsp3) is 0.776. The molecule has 94 heavy (non-hydrogen) atoms. The molecule has 0 aromatic carbocycles. The number of allylic oxidation sites excluding steroid dienone is 17. The van der Waals surface area contributed by atoms with Crippen LogP contribution in [0.1, 0.15) is 373 Å². The summed E-state index contributed by atoms with van der Waals surface area (Å²) in [6.45, 7) is 4.56. The van der Waals surface area contributed by atoms with E-state index in [4.69, 9.17) is 9.05 Å². The minimum Gasteiger partial charge on any atom is -0.756 e. The van der Waals surface area contributed by atoms with Crippen LogP contribution in [0.2, 0.25) is 0 Å². The number of hydrogen-bond acceptors (Lipinski definition) is 6. The molecule has 0 aliphatic rings. The summed E-state index contributed by atoms with van der Waals surface area (Å²) in [7, 11) is 1.25. The first-order chi connectivity index (χ1) is 46.0. The smallest absolute Gasteiger partial charge is 0.268 e. The Balaban J connectivity index is 4.00. The van der Waals surface area contributed by atoms with E-state index in [0.717, 1.165) is 83.5 Å². The number of aliphatic hydroxyl groups is 1. The molecule has 0 heterocycles. The predicted molar refractivity (Wildman–Crippen MR) is 413 cm³/mol. The first-order valence-corrected chi connectivity index (χ1v) is 41.7. The number of rotatable bonds is 74. The SMILES string of the molecule is CC/C=C\C/C=C\C/C=C\C/C=C\C/C=C\C/C=C\C/C=C\CCCCCCCCCCCCCCCCCCCCCC(=O)NC(COP(=O)([O-])OCC[N+](C)(C)C)C(O)/C=C/CC/C=C/CCCCCCCCCCCCCCCCCCCCCCCCCCC. The van der Waals surface area contributed by atoms with Crippen LogP contribution >= 0.6 is 7.82 Å². The van der Waals surface area contributed by atoms with Gasteiger partial charge in [-0.25, -0.2) is 0 Å². The van der Waals surface area contributed by atoms with E-state index >= 15 is 0 Å². The van der Waals surface area contributed by atoms with E-state index in [0.29, 0.717) is 17.4 Å². The standard InChI is InChI=1S/C85H155N2O6P/c1-6-8-10-12-14-16-18-20-22-24-26-28-30-32-34-36-38-39-40-41-42-43-44-45-46-47-49-51-53-55-57-59-61-63-65-67-69-71-73-75-77-79-85(89)86-83(82-93-94(90,91)92-81-80-87(3,4)5)84(88)78-76-74-72-70-68-66-64-62-60-58-56-54-52-50-48-37-35-33-31-29-27-25-23-21-19-17-15-13-11-9-7-2/h8,10,14,16,20,22,26,28,32,34,38-39,41-42,68,70,76,78,83-84,88H,6-7,9,11-13,15,17-19,21,23-25,27,29-31,33,35-37,40,43-67,69,71-75,77,79-82H2,1-5H3,(H-,86,89,90,91)/b10-8-,16-14-,22-20-,28-26-,34-32-,39-38-,42-41-,70-68+,78-76+. The Morgan fingerprint density at radius 2 is 0.660 bits per heavy atom. The molecule has 3 atom stereocenters. The maximum Gasteiger partial charge on any atom is 0.268 e. The number of amides is 1. The molecular weight excluding hydrogens is 1180 g/mol. The first kappa shape index (κ1) is 91.2. The van der Waals surface area contributed by atoms with Gasteiger partial charge < -0.3 is 28.8 Å². The van der Waals surface area contributed by atoms with E-state index < -0.39 is 26.6 Å². The van der Waals surface area contributed by atoms with Gasteiger partial charge in [-0.15, -0.1) is 0 Å². The number of unbranched alkanes of at least 4 members (excludes halogenated alkanes) is 45. The minimum absolute atomic E-state index is 0.00803. The maximum absolute atomic E-state index is 13.1. The van der Waals surface area contributed by atoms with Crippen molar-refractivity contribution in [1.82, 2.24) is 5.32 Å². The summed E-state index contributed by atoms with van der Waals surface area (Å²) in [6, 6.07) is -0.910. The van der Waals surface area contributed by atoms with Gasteiger partial charge in [0, 0.05) is 6.42 Å². The monoisotopic (exact) mass is 1330 g/mol. The first-order valence-electron chi connectivity index (χ1n) is 40.2. The Bertz CT molecular complexity index is 1910. The number of nitrogens with one attached hydrogen (secondary N) is 1. The third kappa shape index (κ3) is 76.5. The van der Waals surface area contributed by atoms with Crippen molar-refractivity contribution in [2.75, 3.05) is 40.9 Å². The number of nitrogens with zero attached hydrogens (tertiary/aromatic N) is 1. The van der Waals surface area contributed by atoms with Crippen LogP contribution in [0.15, 0.2) is 109 Å². The molecule has 0 bridgehead atoms. The van der Waals surface area contributed by atoms with Gasteiger partial charge in [0.15, 0.2) is 0 Å². The molecule has 1 amide bonds. The molecule has 2 N–H and O–H groups in total. The average molecular weight is 1330 g/mol. The number of carbonyl (C=O) groups excluding carboxylic acids is 1. The Hall–Kier alpha value is -2.84. The van der Waals surface area contributed by atoms with Crippen molar-refractivity contribution in [1.29, 1.82) is 0 Å². The average Bonchev–Trinajstić information content (AvgIpc) is 1.77. The number of phosphoric acid groups is 1. The zero-order valence-corrected chi connectivity index (χ0v) is 63.5. The van der Waals surface area contributed by atoms with Crippen molar-refractivity contribution in [3.05, 3.63) is 109 Å². The summed E-state index contributed by atoms with van der Waals surface area (Å²) in [6.07, 6.45) is 110. The van der Waals surface area contributed by atoms with E-state index in [1.54, 1.807) is 6.08 Å². The van der Waals surface area contributed by atoms with Crippen LogP contribution in [-0.4, -0.2) is 68.5 Å². The van der Waals surface area contributed by atoms with Gasteiger partial charge >= 0.3 is 0 Å². The molecule has 0 aromatic heterocycles. The van der Waals surface area contributed by atoms with Crippen molar-refractivity contribution in [3.8, 4) is 0 Å². The second kappa shape index (κ2) is 74.4.